The third kappa shape index (κ3) is 9.75. The van der Waals surface area contributed by atoms with Crippen LogP contribution in [0.2, 0.25) is 10.0 Å². The highest BCUT2D eigenvalue weighted by Crippen LogP contribution is 2.28. The highest BCUT2D eigenvalue weighted by molar-refractivity contribution is 7.92. The molecule has 0 aliphatic heterocycles. The van der Waals surface area contributed by atoms with Gasteiger partial charge in [0.1, 0.15) is 24.1 Å². The third-order valence-corrected chi connectivity index (χ3v) is 10.1. The summed E-state index contributed by atoms with van der Waals surface area (Å²) in [5.74, 6) is 0.284. The number of amides is 2. The Morgan fingerprint density at radius 3 is 2.10 bits per heavy atom. The molecule has 1 saturated carbocycles. The van der Waals surface area contributed by atoms with E-state index in [4.69, 9.17) is 27.9 Å². The van der Waals surface area contributed by atoms with E-state index in [0.717, 1.165) is 48.2 Å². The fraction of sp³-hybridized carbons (Fsp3) is 0.297. The molecule has 1 unspecified atom stereocenters. The van der Waals surface area contributed by atoms with Gasteiger partial charge in [0.2, 0.25) is 21.8 Å². The first kappa shape index (κ1) is 35.3. The predicted molar refractivity (Wildman–Crippen MR) is 191 cm³/mol. The minimum atomic E-state index is -3.93. The van der Waals surface area contributed by atoms with Crippen LogP contribution in [-0.4, -0.2) is 50.0 Å². The Kier molecular flexibility index (Phi) is 12.0. The van der Waals surface area contributed by atoms with Crippen molar-refractivity contribution in [2.75, 3.05) is 17.1 Å². The van der Waals surface area contributed by atoms with Crippen molar-refractivity contribution in [3.8, 4) is 11.5 Å². The maximum atomic E-state index is 14.4. The number of sulfonamides is 1. The minimum Gasteiger partial charge on any atom is -0.457 e. The molecule has 0 saturated heterocycles. The Bertz CT molecular complexity index is 1790. The Morgan fingerprint density at radius 2 is 1.48 bits per heavy atom. The van der Waals surface area contributed by atoms with Gasteiger partial charge >= 0.3 is 0 Å². The van der Waals surface area contributed by atoms with E-state index in [2.05, 4.69) is 5.32 Å². The lowest BCUT2D eigenvalue weighted by atomic mass is 9.94. The van der Waals surface area contributed by atoms with E-state index in [0.29, 0.717) is 27.1 Å². The summed E-state index contributed by atoms with van der Waals surface area (Å²) in [7, 11) is -3.93. The highest BCUT2D eigenvalue weighted by atomic mass is 35.5. The molecule has 1 N–H and O–H groups in total. The van der Waals surface area contributed by atoms with Gasteiger partial charge < -0.3 is 15.0 Å². The number of anilines is 1. The van der Waals surface area contributed by atoms with Crippen molar-refractivity contribution in [3.63, 3.8) is 0 Å². The number of rotatable bonds is 13. The van der Waals surface area contributed by atoms with E-state index in [9.17, 15) is 18.0 Å². The molecule has 1 aliphatic rings. The normalized spacial score (nSPS) is 14.1. The molecule has 8 nitrogen and oxygen atoms in total. The van der Waals surface area contributed by atoms with Gasteiger partial charge in [-0.25, -0.2) is 8.42 Å². The van der Waals surface area contributed by atoms with E-state index in [-0.39, 0.29) is 30.6 Å². The molecule has 5 rings (SSSR count). The number of halogens is 2. The van der Waals surface area contributed by atoms with Crippen molar-refractivity contribution in [1.29, 1.82) is 0 Å². The average Bonchev–Trinajstić information content (AvgIpc) is 3.07. The van der Waals surface area contributed by atoms with Crippen LogP contribution in [0.3, 0.4) is 0 Å². The summed E-state index contributed by atoms with van der Waals surface area (Å²) in [4.78, 5) is 30.0. The van der Waals surface area contributed by atoms with E-state index < -0.39 is 28.5 Å². The van der Waals surface area contributed by atoms with E-state index in [1.807, 2.05) is 60.7 Å². The van der Waals surface area contributed by atoms with Crippen molar-refractivity contribution in [3.05, 3.63) is 124 Å². The van der Waals surface area contributed by atoms with Crippen LogP contribution < -0.4 is 14.4 Å². The molecule has 252 valence electrons. The first-order valence-corrected chi connectivity index (χ1v) is 18.6. The molecule has 4 aromatic carbocycles. The quantitative estimate of drug-likeness (QED) is 0.154. The van der Waals surface area contributed by atoms with Crippen LogP contribution in [0.25, 0.3) is 0 Å². The molecule has 48 heavy (non-hydrogen) atoms. The van der Waals surface area contributed by atoms with Gasteiger partial charge in [0, 0.05) is 29.1 Å². The number of ether oxygens (including phenoxy) is 1. The fourth-order valence-electron chi connectivity index (χ4n) is 5.85. The maximum Gasteiger partial charge on any atom is 0.244 e. The molecule has 1 atom stereocenters. The summed E-state index contributed by atoms with van der Waals surface area (Å²) in [6.07, 6.45) is 6.18. The smallest absolute Gasteiger partial charge is 0.244 e. The molecule has 0 spiro atoms. The van der Waals surface area contributed by atoms with Crippen LogP contribution in [0.5, 0.6) is 11.5 Å². The number of nitrogens with one attached hydrogen (secondary N) is 1. The SMILES string of the molecule is CS(=O)(=O)N(CC(=O)N(Cc1ccc(Cl)cc1Cl)C(Cc1ccccc1)C(=O)NC1CCCCC1)c1ccc(Oc2ccccc2)cc1. The van der Waals surface area contributed by atoms with Gasteiger partial charge in [-0.1, -0.05) is 97.1 Å². The topological polar surface area (TPSA) is 96.0 Å². The number of para-hydroxylation sites is 1. The van der Waals surface area contributed by atoms with Crippen LogP contribution in [-0.2, 0) is 32.6 Å². The van der Waals surface area contributed by atoms with Crippen LogP contribution >= 0.6 is 23.2 Å². The van der Waals surface area contributed by atoms with Gasteiger partial charge in [-0.3, -0.25) is 13.9 Å². The lowest BCUT2D eigenvalue weighted by Crippen LogP contribution is -2.55. The second-order valence-corrected chi connectivity index (χ2v) is 14.7. The largest absolute Gasteiger partial charge is 0.457 e. The zero-order chi connectivity index (χ0) is 34.1. The lowest BCUT2D eigenvalue weighted by molar-refractivity contribution is -0.140. The Hall–Kier alpha value is -4.05. The van der Waals surface area contributed by atoms with E-state index in [1.54, 1.807) is 42.5 Å². The Balaban J connectivity index is 1.48. The van der Waals surface area contributed by atoms with Gasteiger partial charge in [-0.15, -0.1) is 0 Å². The summed E-state index contributed by atoms with van der Waals surface area (Å²) < 4.78 is 33.3. The molecule has 4 aromatic rings. The summed E-state index contributed by atoms with van der Waals surface area (Å²) in [5, 5.41) is 3.96. The Morgan fingerprint density at radius 1 is 0.854 bits per heavy atom. The average molecular weight is 709 g/mol. The molecule has 2 amide bonds. The second kappa shape index (κ2) is 16.4. The molecule has 0 bridgehead atoms. The van der Waals surface area contributed by atoms with Crippen molar-refractivity contribution >= 4 is 50.7 Å². The summed E-state index contributed by atoms with van der Waals surface area (Å²) in [6.45, 7) is -0.573. The van der Waals surface area contributed by atoms with Crippen molar-refractivity contribution < 1.29 is 22.7 Å². The monoisotopic (exact) mass is 707 g/mol. The van der Waals surface area contributed by atoms with Crippen molar-refractivity contribution in [2.45, 2.75) is 57.2 Å². The first-order valence-electron chi connectivity index (χ1n) is 16.0. The van der Waals surface area contributed by atoms with Crippen LogP contribution in [0.4, 0.5) is 5.69 Å². The van der Waals surface area contributed by atoms with Crippen molar-refractivity contribution in [2.24, 2.45) is 0 Å². The zero-order valence-electron chi connectivity index (χ0n) is 26.7. The number of carbonyl (C=O) groups excluding carboxylic acids is 2. The summed E-state index contributed by atoms with van der Waals surface area (Å²) in [5.41, 5.74) is 1.71. The number of hydrogen-bond acceptors (Lipinski definition) is 5. The fourth-order valence-corrected chi connectivity index (χ4v) is 7.17. The van der Waals surface area contributed by atoms with E-state index in [1.165, 1.54) is 4.90 Å². The summed E-state index contributed by atoms with van der Waals surface area (Å²) >= 11 is 12.8. The van der Waals surface area contributed by atoms with Gasteiger partial charge in [0.15, 0.2) is 0 Å². The number of carbonyl (C=O) groups is 2. The number of benzene rings is 4. The van der Waals surface area contributed by atoms with Gasteiger partial charge in [0.05, 0.1) is 11.9 Å². The molecule has 0 heterocycles. The number of nitrogens with zero attached hydrogens (tertiary/aromatic N) is 2. The minimum absolute atomic E-state index is 0.00438. The molecule has 1 fully saturated rings. The molecule has 0 aromatic heterocycles. The van der Waals surface area contributed by atoms with Gasteiger partial charge in [-0.2, -0.15) is 0 Å². The van der Waals surface area contributed by atoms with Crippen LogP contribution in [0.15, 0.2) is 103 Å². The molecular formula is C37H39Cl2N3O5S. The van der Waals surface area contributed by atoms with Crippen molar-refractivity contribution in [1.82, 2.24) is 10.2 Å². The molecular weight excluding hydrogens is 669 g/mol. The summed E-state index contributed by atoms with van der Waals surface area (Å²) in [6, 6.07) is 29.1. The highest BCUT2D eigenvalue weighted by Gasteiger charge is 2.34. The molecule has 1 aliphatic carbocycles. The van der Waals surface area contributed by atoms with Gasteiger partial charge in [0.25, 0.3) is 0 Å². The standard InChI is InChI=1S/C37H39Cl2N3O5S/c1-48(45,46)42(31-19-21-33(22-20-31)47-32-15-9-4-10-16-32)26-36(43)41(25-28-17-18-29(38)24-34(28)39)35(23-27-11-5-2-6-12-27)37(44)40-30-13-7-3-8-14-30/h2,4-6,9-12,15-22,24,30,35H,3,7-8,13-14,23,25-26H2,1H3,(H,40,44). The second-order valence-electron chi connectivity index (χ2n) is 12.0. The third-order valence-electron chi connectivity index (χ3n) is 8.36. The number of hydrogen-bond donors (Lipinski definition) is 1. The first-order chi connectivity index (χ1) is 23.1. The lowest BCUT2D eigenvalue weighted by Gasteiger charge is -2.35. The molecule has 0 radical (unpaired) electrons. The van der Waals surface area contributed by atoms with Gasteiger partial charge in [-0.05, 0) is 72.5 Å². The van der Waals surface area contributed by atoms with Crippen LogP contribution in [0.1, 0.15) is 43.2 Å². The maximum absolute atomic E-state index is 14.4. The Labute approximate surface area is 292 Å². The molecule has 11 heteroatoms. The van der Waals surface area contributed by atoms with E-state index >= 15 is 0 Å². The van der Waals surface area contributed by atoms with Crippen LogP contribution in [0, 0.1) is 0 Å². The predicted octanol–water partition coefficient (Wildman–Crippen LogP) is 7.64. The zero-order valence-corrected chi connectivity index (χ0v) is 29.1.